The number of carbonyl (C=O) groups excluding carboxylic acids is 1. The molecule has 0 fully saturated rings. The SMILES string of the molecule is CCC(CC)C(=O)N(CCCN)c1ccccc1OC. The molecule has 4 heteroatoms. The second-order valence-corrected chi connectivity index (χ2v) is 4.82. The minimum Gasteiger partial charge on any atom is -0.495 e. The van der Waals surface area contributed by atoms with Crippen LogP contribution in [0.15, 0.2) is 24.3 Å². The Labute approximate surface area is 121 Å². The van der Waals surface area contributed by atoms with Gasteiger partial charge in [-0.25, -0.2) is 0 Å². The summed E-state index contributed by atoms with van der Waals surface area (Å²) in [6, 6.07) is 7.64. The quantitative estimate of drug-likeness (QED) is 0.795. The predicted molar refractivity (Wildman–Crippen MR) is 83.1 cm³/mol. The van der Waals surface area contributed by atoms with Crippen LogP contribution in [0.25, 0.3) is 0 Å². The van der Waals surface area contributed by atoms with E-state index in [0.29, 0.717) is 13.1 Å². The normalized spacial score (nSPS) is 10.7. The maximum absolute atomic E-state index is 12.7. The third kappa shape index (κ3) is 3.97. The molecule has 0 unspecified atom stereocenters. The van der Waals surface area contributed by atoms with Gasteiger partial charge in [0.05, 0.1) is 12.8 Å². The fraction of sp³-hybridized carbons (Fsp3) is 0.562. The van der Waals surface area contributed by atoms with E-state index in [1.807, 2.05) is 29.2 Å². The van der Waals surface area contributed by atoms with Gasteiger partial charge in [0.25, 0.3) is 0 Å². The van der Waals surface area contributed by atoms with E-state index in [-0.39, 0.29) is 11.8 Å². The molecule has 0 aliphatic heterocycles. The lowest BCUT2D eigenvalue weighted by Crippen LogP contribution is -2.37. The van der Waals surface area contributed by atoms with Crippen molar-refractivity contribution in [2.75, 3.05) is 25.1 Å². The molecule has 1 amide bonds. The van der Waals surface area contributed by atoms with E-state index in [1.54, 1.807) is 7.11 Å². The van der Waals surface area contributed by atoms with Gasteiger partial charge < -0.3 is 15.4 Å². The number of rotatable bonds is 8. The minimum absolute atomic E-state index is 0.0534. The molecule has 20 heavy (non-hydrogen) atoms. The Hall–Kier alpha value is -1.55. The lowest BCUT2D eigenvalue weighted by Gasteiger charge is -2.27. The van der Waals surface area contributed by atoms with Crippen molar-refractivity contribution in [2.45, 2.75) is 33.1 Å². The van der Waals surface area contributed by atoms with E-state index in [9.17, 15) is 4.79 Å². The fourth-order valence-corrected chi connectivity index (χ4v) is 2.31. The molecule has 0 saturated heterocycles. The minimum atomic E-state index is 0.0534. The van der Waals surface area contributed by atoms with E-state index in [0.717, 1.165) is 30.7 Å². The van der Waals surface area contributed by atoms with Crippen molar-refractivity contribution in [1.29, 1.82) is 0 Å². The average Bonchev–Trinajstić information content (AvgIpc) is 2.49. The molecule has 0 aromatic heterocycles. The standard InChI is InChI=1S/C16H26N2O2/c1-4-13(5-2)16(19)18(12-8-11-17)14-9-6-7-10-15(14)20-3/h6-7,9-10,13H,4-5,8,11-12,17H2,1-3H3. The summed E-state index contributed by atoms with van der Waals surface area (Å²) in [7, 11) is 1.63. The molecule has 0 spiro atoms. The van der Waals surface area contributed by atoms with Crippen molar-refractivity contribution in [3.63, 3.8) is 0 Å². The summed E-state index contributed by atoms with van der Waals surface area (Å²) in [6.45, 7) is 5.30. The molecule has 0 heterocycles. The average molecular weight is 278 g/mol. The Balaban J connectivity index is 3.07. The molecule has 1 rings (SSSR count). The first-order valence-electron chi connectivity index (χ1n) is 7.33. The number of ether oxygens (including phenoxy) is 1. The van der Waals surface area contributed by atoms with Crippen LogP contribution in [-0.2, 0) is 4.79 Å². The van der Waals surface area contributed by atoms with Crippen LogP contribution < -0.4 is 15.4 Å². The van der Waals surface area contributed by atoms with E-state index < -0.39 is 0 Å². The third-order valence-electron chi connectivity index (χ3n) is 3.56. The first kappa shape index (κ1) is 16.5. The number of carbonyl (C=O) groups is 1. The number of hydrogen-bond donors (Lipinski definition) is 1. The Kier molecular flexibility index (Phi) is 7.09. The topological polar surface area (TPSA) is 55.6 Å². The Morgan fingerprint density at radius 1 is 1.30 bits per heavy atom. The lowest BCUT2D eigenvalue weighted by atomic mass is 10.0. The number of amides is 1. The van der Waals surface area contributed by atoms with Crippen LogP contribution in [0.1, 0.15) is 33.1 Å². The van der Waals surface area contributed by atoms with Gasteiger partial charge in [0, 0.05) is 12.5 Å². The molecule has 0 aliphatic carbocycles. The van der Waals surface area contributed by atoms with Crippen LogP contribution in [0.4, 0.5) is 5.69 Å². The molecule has 0 bridgehead atoms. The van der Waals surface area contributed by atoms with Gasteiger partial charge in [-0.15, -0.1) is 0 Å². The predicted octanol–water partition coefficient (Wildman–Crippen LogP) is 2.81. The lowest BCUT2D eigenvalue weighted by molar-refractivity contribution is -0.122. The molecule has 1 aromatic carbocycles. The van der Waals surface area contributed by atoms with Gasteiger partial charge in [-0.05, 0) is 37.9 Å². The van der Waals surface area contributed by atoms with Gasteiger partial charge in [0.15, 0.2) is 0 Å². The first-order chi connectivity index (χ1) is 9.69. The summed E-state index contributed by atoms with van der Waals surface area (Å²) in [5, 5.41) is 0. The van der Waals surface area contributed by atoms with Gasteiger partial charge in [0.2, 0.25) is 5.91 Å². The van der Waals surface area contributed by atoms with Crippen LogP contribution in [0.3, 0.4) is 0 Å². The van der Waals surface area contributed by atoms with Gasteiger partial charge in [-0.2, -0.15) is 0 Å². The summed E-state index contributed by atoms with van der Waals surface area (Å²) in [6.07, 6.45) is 2.48. The fourth-order valence-electron chi connectivity index (χ4n) is 2.31. The maximum Gasteiger partial charge on any atom is 0.230 e. The number of nitrogens with two attached hydrogens (primary N) is 1. The highest BCUT2D eigenvalue weighted by Gasteiger charge is 2.24. The number of anilines is 1. The molecule has 1 aromatic rings. The molecule has 0 aliphatic rings. The zero-order chi connectivity index (χ0) is 15.0. The molecule has 0 atom stereocenters. The third-order valence-corrected chi connectivity index (χ3v) is 3.56. The van der Waals surface area contributed by atoms with Gasteiger partial charge in [-0.3, -0.25) is 4.79 Å². The Morgan fingerprint density at radius 2 is 1.95 bits per heavy atom. The summed E-state index contributed by atoms with van der Waals surface area (Å²) < 4.78 is 5.38. The smallest absolute Gasteiger partial charge is 0.230 e. The van der Waals surface area contributed by atoms with Crippen molar-refractivity contribution in [3.05, 3.63) is 24.3 Å². The summed E-state index contributed by atoms with van der Waals surface area (Å²) >= 11 is 0. The van der Waals surface area contributed by atoms with Crippen LogP contribution in [0.5, 0.6) is 5.75 Å². The van der Waals surface area contributed by atoms with Gasteiger partial charge >= 0.3 is 0 Å². The molecule has 0 radical (unpaired) electrons. The summed E-state index contributed by atoms with van der Waals surface area (Å²) in [4.78, 5) is 14.5. The van der Waals surface area contributed by atoms with Crippen molar-refractivity contribution in [1.82, 2.24) is 0 Å². The molecule has 2 N–H and O–H groups in total. The maximum atomic E-state index is 12.7. The van der Waals surface area contributed by atoms with E-state index >= 15 is 0 Å². The zero-order valence-electron chi connectivity index (χ0n) is 12.8. The van der Waals surface area contributed by atoms with Crippen molar-refractivity contribution >= 4 is 11.6 Å². The van der Waals surface area contributed by atoms with E-state index in [1.165, 1.54) is 0 Å². The van der Waals surface area contributed by atoms with E-state index in [2.05, 4.69) is 13.8 Å². The largest absolute Gasteiger partial charge is 0.495 e. The molecular weight excluding hydrogens is 252 g/mol. The van der Waals surface area contributed by atoms with Crippen LogP contribution in [0.2, 0.25) is 0 Å². The van der Waals surface area contributed by atoms with Gasteiger partial charge in [0.1, 0.15) is 5.75 Å². The summed E-state index contributed by atoms with van der Waals surface area (Å²) in [5.74, 6) is 0.939. The van der Waals surface area contributed by atoms with Crippen LogP contribution in [0, 0.1) is 5.92 Å². The Bertz CT molecular complexity index is 417. The zero-order valence-corrected chi connectivity index (χ0v) is 12.8. The molecule has 0 saturated carbocycles. The van der Waals surface area contributed by atoms with Crippen molar-refractivity contribution < 1.29 is 9.53 Å². The van der Waals surface area contributed by atoms with Gasteiger partial charge in [-0.1, -0.05) is 26.0 Å². The van der Waals surface area contributed by atoms with Crippen LogP contribution >= 0.6 is 0 Å². The van der Waals surface area contributed by atoms with E-state index in [4.69, 9.17) is 10.5 Å². The highest BCUT2D eigenvalue weighted by Crippen LogP contribution is 2.29. The second kappa shape index (κ2) is 8.59. The number of benzene rings is 1. The second-order valence-electron chi connectivity index (χ2n) is 4.82. The highest BCUT2D eigenvalue weighted by atomic mass is 16.5. The first-order valence-corrected chi connectivity index (χ1v) is 7.33. The molecule has 112 valence electrons. The van der Waals surface area contributed by atoms with Crippen molar-refractivity contribution in [3.8, 4) is 5.75 Å². The highest BCUT2D eigenvalue weighted by molar-refractivity contribution is 5.96. The number of para-hydroxylation sites is 2. The monoisotopic (exact) mass is 278 g/mol. The summed E-state index contributed by atoms with van der Waals surface area (Å²) in [5.41, 5.74) is 6.43. The molecular formula is C16H26N2O2. The molecule has 4 nitrogen and oxygen atoms in total. The Morgan fingerprint density at radius 3 is 2.50 bits per heavy atom. The number of nitrogens with zero attached hydrogens (tertiary/aromatic N) is 1. The number of hydrogen-bond acceptors (Lipinski definition) is 3. The van der Waals surface area contributed by atoms with Crippen LogP contribution in [-0.4, -0.2) is 26.1 Å². The van der Waals surface area contributed by atoms with Crippen molar-refractivity contribution in [2.24, 2.45) is 11.7 Å². The number of methoxy groups -OCH3 is 1.